The zero-order valence-electron chi connectivity index (χ0n) is 16.0. The second kappa shape index (κ2) is 5.98. The maximum atomic E-state index is 12.5. The van der Waals surface area contributed by atoms with Gasteiger partial charge in [0.15, 0.2) is 11.5 Å². The predicted molar refractivity (Wildman–Crippen MR) is 94.4 cm³/mol. The van der Waals surface area contributed by atoms with E-state index < -0.39 is 17.5 Å². The first-order valence-electron chi connectivity index (χ1n) is 8.69. The maximum absolute atomic E-state index is 12.5. The Morgan fingerprint density at radius 1 is 1.38 bits per heavy atom. The van der Waals surface area contributed by atoms with E-state index in [0.717, 1.165) is 4.57 Å². The van der Waals surface area contributed by atoms with E-state index in [9.17, 15) is 10.1 Å². The molecule has 0 amide bonds. The van der Waals surface area contributed by atoms with Crippen LogP contribution >= 0.6 is 0 Å². The van der Waals surface area contributed by atoms with Crippen LogP contribution in [0.3, 0.4) is 0 Å². The minimum Gasteiger partial charge on any atom is -0.443 e. The zero-order chi connectivity index (χ0) is 19.4. The largest absolute Gasteiger partial charge is 0.443 e. The van der Waals surface area contributed by atoms with Crippen LogP contribution in [-0.4, -0.2) is 40.3 Å². The van der Waals surface area contributed by atoms with Gasteiger partial charge in [0.05, 0.1) is 11.7 Å². The number of nitriles is 1. The Kier molecular flexibility index (Phi) is 4.30. The summed E-state index contributed by atoms with van der Waals surface area (Å²) in [5, 5.41) is 12.9. The van der Waals surface area contributed by atoms with Crippen LogP contribution in [0.2, 0.25) is 0 Å². The van der Waals surface area contributed by atoms with E-state index in [4.69, 9.17) is 19.9 Å². The Hall–Kier alpha value is -2.08. The zero-order valence-corrected chi connectivity index (χ0v) is 16.0. The molecule has 1 aromatic rings. The molecule has 0 aliphatic carbocycles. The Balaban J connectivity index is 1.97. The van der Waals surface area contributed by atoms with Crippen molar-refractivity contribution >= 4 is 11.8 Å². The third-order valence-electron chi connectivity index (χ3n) is 4.53. The summed E-state index contributed by atoms with van der Waals surface area (Å²) in [6.07, 6.45) is 0.523. The van der Waals surface area contributed by atoms with Crippen LogP contribution in [-0.2, 0) is 14.2 Å². The molecule has 142 valence electrons. The van der Waals surface area contributed by atoms with Crippen LogP contribution in [0.15, 0.2) is 6.20 Å². The van der Waals surface area contributed by atoms with Crippen molar-refractivity contribution in [2.75, 3.05) is 5.73 Å². The average Bonchev–Trinajstić information content (AvgIpc) is 3.08. The SMILES string of the molecule is C[C@H]1N[C@@H](c2cn(C(=O)OC(C)(C)C)c(C#N)c2N)[C@@H]2OC(C)(C)O[C@@H]21. The number of nitrogens with two attached hydrogens (primary N) is 1. The molecule has 0 spiro atoms. The lowest BCUT2D eigenvalue weighted by Gasteiger charge is -2.23. The van der Waals surface area contributed by atoms with E-state index in [1.807, 2.05) is 26.8 Å². The Morgan fingerprint density at radius 2 is 2.00 bits per heavy atom. The Morgan fingerprint density at radius 3 is 2.58 bits per heavy atom. The summed E-state index contributed by atoms with van der Waals surface area (Å²) in [6.45, 7) is 11.0. The van der Waals surface area contributed by atoms with E-state index in [-0.39, 0.29) is 35.7 Å². The number of nitrogens with zero attached hydrogens (tertiary/aromatic N) is 2. The quantitative estimate of drug-likeness (QED) is 0.788. The number of carbonyl (C=O) groups is 1. The van der Waals surface area contributed by atoms with Crippen LogP contribution in [0.4, 0.5) is 10.5 Å². The van der Waals surface area contributed by atoms with Gasteiger partial charge in [-0.1, -0.05) is 0 Å². The Bertz CT molecular complexity index is 771. The molecule has 2 fully saturated rings. The number of rotatable bonds is 1. The first kappa shape index (κ1) is 18.7. The van der Waals surface area contributed by atoms with Crippen molar-refractivity contribution in [2.24, 2.45) is 0 Å². The molecular weight excluding hydrogens is 336 g/mol. The fourth-order valence-corrected chi connectivity index (χ4v) is 3.56. The summed E-state index contributed by atoms with van der Waals surface area (Å²) in [5.74, 6) is -0.690. The lowest BCUT2D eigenvalue weighted by molar-refractivity contribution is -0.156. The van der Waals surface area contributed by atoms with E-state index in [1.165, 1.54) is 0 Å². The van der Waals surface area contributed by atoms with E-state index in [2.05, 4.69) is 5.32 Å². The summed E-state index contributed by atoms with van der Waals surface area (Å²) in [6, 6.07) is 1.76. The molecule has 8 heteroatoms. The lowest BCUT2D eigenvalue weighted by Crippen LogP contribution is -2.33. The molecular formula is C18H26N4O4. The molecule has 2 aliphatic heterocycles. The lowest BCUT2D eigenvalue weighted by atomic mass is 10.0. The molecule has 1 aromatic heterocycles. The molecule has 0 saturated carbocycles. The molecule has 26 heavy (non-hydrogen) atoms. The number of hydrogen-bond acceptors (Lipinski definition) is 7. The van der Waals surface area contributed by atoms with E-state index >= 15 is 0 Å². The van der Waals surface area contributed by atoms with Crippen molar-refractivity contribution in [3.05, 3.63) is 17.5 Å². The molecule has 3 N–H and O–H groups in total. The summed E-state index contributed by atoms with van der Waals surface area (Å²) in [7, 11) is 0. The minimum atomic E-state index is -0.690. The van der Waals surface area contributed by atoms with Gasteiger partial charge in [-0.15, -0.1) is 0 Å². The van der Waals surface area contributed by atoms with Gasteiger partial charge >= 0.3 is 6.09 Å². The van der Waals surface area contributed by atoms with Gasteiger partial charge in [-0.2, -0.15) is 5.26 Å². The van der Waals surface area contributed by atoms with Crippen LogP contribution in [0.5, 0.6) is 0 Å². The molecule has 2 saturated heterocycles. The number of fused-ring (bicyclic) bond motifs is 1. The molecule has 8 nitrogen and oxygen atoms in total. The highest BCUT2D eigenvalue weighted by atomic mass is 16.8. The second-order valence-corrected chi connectivity index (χ2v) is 8.31. The number of ether oxygens (including phenoxy) is 3. The fourth-order valence-electron chi connectivity index (χ4n) is 3.56. The monoisotopic (exact) mass is 362 g/mol. The number of anilines is 1. The summed E-state index contributed by atoms with van der Waals surface area (Å²) in [4.78, 5) is 12.5. The minimum absolute atomic E-state index is 0.0431. The van der Waals surface area contributed by atoms with Crippen molar-refractivity contribution in [1.29, 1.82) is 5.26 Å². The number of aromatic nitrogens is 1. The molecule has 3 heterocycles. The number of nitrogen functional groups attached to an aromatic ring is 1. The summed E-state index contributed by atoms with van der Waals surface area (Å²) in [5.41, 5.74) is 6.46. The normalized spacial score (nSPS) is 30.0. The molecule has 0 aromatic carbocycles. The van der Waals surface area contributed by atoms with Crippen LogP contribution in [0.25, 0.3) is 0 Å². The number of carbonyl (C=O) groups excluding carboxylic acids is 1. The van der Waals surface area contributed by atoms with Crippen LogP contribution in [0, 0.1) is 11.3 Å². The smallest absolute Gasteiger partial charge is 0.419 e. The third-order valence-corrected chi connectivity index (χ3v) is 4.53. The first-order chi connectivity index (χ1) is 11.9. The highest BCUT2D eigenvalue weighted by Crippen LogP contribution is 2.43. The molecule has 4 atom stereocenters. The number of hydrogen-bond donors (Lipinski definition) is 2. The van der Waals surface area contributed by atoms with Gasteiger partial charge in [-0.05, 0) is 41.5 Å². The topological polar surface area (TPSA) is 112 Å². The fraction of sp³-hybridized carbons (Fsp3) is 0.667. The van der Waals surface area contributed by atoms with Gasteiger partial charge < -0.3 is 25.3 Å². The van der Waals surface area contributed by atoms with Crippen molar-refractivity contribution in [3.63, 3.8) is 0 Å². The molecule has 0 radical (unpaired) electrons. The van der Waals surface area contributed by atoms with Gasteiger partial charge in [0.2, 0.25) is 0 Å². The van der Waals surface area contributed by atoms with Gasteiger partial charge in [0.25, 0.3) is 0 Å². The van der Waals surface area contributed by atoms with Crippen molar-refractivity contribution in [3.8, 4) is 6.07 Å². The molecule has 0 unspecified atom stereocenters. The van der Waals surface area contributed by atoms with Gasteiger partial charge in [0.1, 0.15) is 23.9 Å². The van der Waals surface area contributed by atoms with Gasteiger partial charge in [-0.3, -0.25) is 0 Å². The highest BCUT2D eigenvalue weighted by Gasteiger charge is 2.53. The van der Waals surface area contributed by atoms with Crippen molar-refractivity contribution in [2.45, 2.75) is 77.2 Å². The molecule has 0 bridgehead atoms. The average molecular weight is 362 g/mol. The van der Waals surface area contributed by atoms with Gasteiger partial charge in [0, 0.05) is 17.8 Å². The highest BCUT2D eigenvalue weighted by molar-refractivity contribution is 5.77. The van der Waals surface area contributed by atoms with Crippen molar-refractivity contribution in [1.82, 2.24) is 9.88 Å². The summed E-state index contributed by atoms with van der Waals surface area (Å²) >= 11 is 0. The first-order valence-corrected chi connectivity index (χ1v) is 8.69. The van der Waals surface area contributed by atoms with Gasteiger partial charge in [-0.25, -0.2) is 9.36 Å². The Labute approximate surface area is 153 Å². The van der Waals surface area contributed by atoms with Crippen molar-refractivity contribution < 1.29 is 19.0 Å². The molecule has 2 aliphatic rings. The van der Waals surface area contributed by atoms with E-state index in [0.29, 0.717) is 5.56 Å². The van der Waals surface area contributed by atoms with Crippen LogP contribution in [0.1, 0.15) is 58.8 Å². The maximum Gasteiger partial charge on any atom is 0.419 e. The molecule has 3 rings (SSSR count). The summed E-state index contributed by atoms with van der Waals surface area (Å²) < 4.78 is 18.5. The van der Waals surface area contributed by atoms with E-state index in [1.54, 1.807) is 27.0 Å². The standard InChI is InChI=1S/C18H26N4O4/c1-9-14-15(25-18(5,6)24-14)13(21-9)10-8-22(11(7-19)12(10)20)16(23)26-17(2,3)4/h8-9,13-15,21H,20H2,1-6H3/t9-,13+,14-,15+/m1/s1. The van der Waals surface area contributed by atoms with Crippen LogP contribution < -0.4 is 11.1 Å². The predicted octanol–water partition coefficient (Wildman–Crippen LogP) is 2.28. The third kappa shape index (κ3) is 3.18. The number of nitrogens with one attached hydrogen (secondary N) is 1. The second-order valence-electron chi connectivity index (χ2n) is 8.31.